The van der Waals surface area contributed by atoms with E-state index in [9.17, 15) is 31.7 Å². The Hall–Kier alpha value is -3.20. The van der Waals surface area contributed by atoms with Crippen LogP contribution < -0.4 is 5.32 Å². The molecule has 0 unspecified atom stereocenters. The molecule has 2 heterocycles. The van der Waals surface area contributed by atoms with Crippen molar-refractivity contribution in [3.05, 3.63) is 70.4 Å². The Morgan fingerprint density at radius 3 is 2.35 bits per heavy atom. The first-order valence-electron chi connectivity index (χ1n) is 9.96. The van der Waals surface area contributed by atoms with Gasteiger partial charge in [0.05, 0.1) is 20.9 Å². The predicted molar refractivity (Wildman–Crippen MR) is 123 cm³/mol. The number of sulfonamides is 1. The molecule has 178 valence electrons. The molecular formula is C20H18N4O7S3. The van der Waals surface area contributed by atoms with Crippen LogP contribution in [0.5, 0.6) is 0 Å². The Bertz CT molecular complexity index is 1460. The third kappa shape index (κ3) is 4.70. The maximum atomic E-state index is 12.8. The molecule has 3 aromatic rings. The Kier molecular flexibility index (Phi) is 6.49. The number of hydrogen-bond acceptors (Lipinski definition) is 9. The first-order valence-corrected chi connectivity index (χ1v) is 13.7. The van der Waals surface area contributed by atoms with Gasteiger partial charge in [-0.3, -0.25) is 20.2 Å². The van der Waals surface area contributed by atoms with Gasteiger partial charge in [0.25, 0.3) is 11.6 Å². The highest BCUT2D eigenvalue weighted by Crippen LogP contribution is 2.30. The van der Waals surface area contributed by atoms with Gasteiger partial charge in [-0.15, -0.1) is 0 Å². The fraction of sp³-hybridized carbons (Fsp3) is 0.200. The van der Waals surface area contributed by atoms with Crippen molar-refractivity contribution in [1.82, 2.24) is 9.29 Å². The second-order valence-corrected chi connectivity index (χ2v) is 12.5. The Balaban J connectivity index is 1.52. The zero-order valence-corrected chi connectivity index (χ0v) is 19.9. The number of benzene rings is 2. The molecular weight excluding hydrogens is 504 g/mol. The van der Waals surface area contributed by atoms with Crippen LogP contribution in [0.2, 0.25) is 0 Å². The van der Waals surface area contributed by atoms with Crippen LogP contribution in [0.4, 0.5) is 10.8 Å². The van der Waals surface area contributed by atoms with E-state index in [4.69, 9.17) is 0 Å². The number of carbonyl (C=O) groups is 1. The quantitative estimate of drug-likeness (QED) is 0.367. The summed E-state index contributed by atoms with van der Waals surface area (Å²) in [5, 5.41) is 13.2. The molecule has 1 fully saturated rings. The van der Waals surface area contributed by atoms with Gasteiger partial charge in [-0.2, -0.15) is 4.31 Å². The number of aromatic nitrogens is 1. The summed E-state index contributed by atoms with van der Waals surface area (Å²) in [6.45, 7) is 0.869. The van der Waals surface area contributed by atoms with Crippen molar-refractivity contribution in [3.63, 3.8) is 0 Å². The van der Waals surface area contributed by atoms with Crippen molar-refractivity contribution in [2.45, 2.75) is 26.8 Å². The van der Waals surface area contributed by atoms with Crippen molar-refractivity contribution in [3.8, 4) is 0 Å². The van der Waals surface area contributed by atoms with E-state index in [0.29, 0.717) is 24.4 Å². The molecule has 1 amide bonds. The molecule has 0 saturated carbocycles. The number of hydrogen-bond donors (Lipinski definition) is 1. The van der Waals surface area contributed by atoms with Crippen molar-refractivity contribution >= 4 is 47.9 Å². The van der Waals surface area contributed by atoms with Crippen LogP contribution in [-0.4, -0.2) is 50.0 Å². The molecule has 0 spiro atoms. The Labute approximate surface area is 199 Å². The summed E-state index contributed by atoms with van der Waals surface area (Å²) in [6, 6.07) is 10.0. The number of thiazole rings is 1. The van der Waals surface area contributed by atoms with Gasteiger partial charge in [-0.05, 0) is 43.2 Å². The predicted octanol–water partition coefficient (Wildman–Crippen LogP) is 2.92. The van der Waals surface area contributed by atoms with Crippen LogP contribution in [0.3, 0.4) is 0 Å². The van der Waals surface area contributed by atoms with E-state index >= 15 is 0 Å². The summed E-state index contributed by atoms with van der Waals surface area (Å²) in [6.07, 6.45) is 2.65. The summed E-state index contributed by atoms with van der Waals surface area (Å²) in [7, 11) is -7.70. The topological polar surface area (TPSA) is 157 Å². The fourth-order valence-electron chi connectivity index (χ4n) is 3.35. The van der Waals surface area contributed by atoms with Crippen molar-refractivity contribution in [1.29, 1.82) is 0 Å². The molecule has 1 aliphatic heterocycles. The summed E-state index contributed by atoms with van der Waals surface area (Å²) in [5.41, 5.74) is -0.166. The summed E-state index contributed by atoms with van der Waals surface area (Å²) >= 11 is 0.707. The molecule has 1 saturated heterocycles. The maximum absolute atomic E-state index is 12.8. The summed E-state index contributed by atoms with van der Waals surface area (Å²) < 4.78 is 52.3. The molecule has 0 bridgehead atoms. The number of nitrogens with one attached hydrogen (secondary N) is 1. The molecule has 1 aromatic heterocycles. The first kappa shape index (κ1) is 23.9. The lowest BCUT2D eigenvalue weighted by molar-refractivity contribution is -0.384. The maximum Gasteiger partial charge on any atom is 0.269 e. The standard InChI is InChI=1S/C20H18N4O7S3/c25-19(14-4-3-5-17(12-14)34(30,31)23-10-1-2-11-23)22-20-21-13-18(32-20)33(28,29)16-8-6-15(7-9-16)24(26)27/h3-9,12-13H,1-2,10-11H2,(H,21,22,25). The third-order valence-electron chi connectivity index (χ3n) is 5.13. The van der Waals surface area contributed by atoms with E-state index in [1.165, 1.54) is 28.6 Å². The minimum absolute atomic E-state index is 0.00158. The summed E-state index contributed by atoms with van der Waals surface area (Å²) in [4.78, 5) is 26.6. The van der Waals surface area contributed by atoms with E-state index in [2.05, 4.69) is 10.3 Å². The van der Waals surface area contributed by atoms with Crippen LogP contribution in [0, 0.1) is 10.1 Å². The van der Waals surface area contributed by atoms with Crippen LogP contribution in [0.25, 0.3) is 0 Å². The monoisotopic (exact) mass is 522 g/mol. The molecule has 0 atom stereocenters. The van der Waals surface area contributed by atoms with Gasteiger partial charge in [0.15, 0.2) is 5.13 Å². The van der Waals surface area contributed by atoms with Gasteiger partial charge >= 0.3 is 0 Å². The number of nitro benzene ring substituents is 1. The second-order valence-electron chi connectivity index (χ2n) is 7.33. The highest BCUT2D eigenvalue weighted by molar-refractivity contribution is 7.93. The Morgan fingerprint density at radius 1 is 1.03 bits per heavy atom. The highest BCUT2D eigenvalue weighted by Gasteiger charge is 2.28. The van der Waals surface area contributed by atoms with E-state index in [-0.39, 0.29) is 30.4 Å². The highest BCUT2D eigenvalue weighted by atomic mass is 32.2. The van der Waals surface area contributed by atoms with E-state index in [1.54, 1.807) is 0 Å². The average Bonchev–Trinajstić information content (AvgIpc) is 3.52. The van der Waals surface area contributed by atoms with Gasteiger partial charge in [0.1, 0.15) is 4.21 Å². The number of anilines is 1. The lowest BCUT2D eigenvalue weighted by atomic mass is 10.2. The van der Waals surface area contributed by atoms with Crippen LogP contribution >= 0.6 is 11.3 Å². The average molecular weight is 523 g/mol. The third-order valence-corrected chi connectivity index (χ3v) is 10.2. The number of nitro groups is 1. The van der Waals surface area contributed by atoms with E-state index in [1.807, 2.05) is 0 Å². The molecule has 34 heavy (non-hydrogen) atoms. The zero-order chi connectivity index (χ0) is 24.5. The smallest absolute Gasteiger partial charge is 0.269 e. The molecule has 11 nitrogen and oxygen atoms in total. The molecule has 1 aliphatic rings. The van der Waals surface area contributed by atoms with Gasteiger partial charge < -0.3 is 0 Å². The van der Waals surface area contributed by atoms with Crippen LogP contribution in [-0.2, 0) is 19.9 Å². The largest absolute Gasteiger partial charge is 0.298 e. The van der Waals surface area contributed by atoms with Crippen LogP contribution in [0.15, 0.2) is 68.7 Å². The minimum atomic E-state index is -4.00. The minimum Gasteiger partial charge on any atom is -0.298 e. The molecule has 0 radical (unpaired) electrons. The lowest BCUT2D eigenvalue weighted by Crippen LogP contribution is -2.28. The number of nitrogens with zero attached hydrogens (tertiary/aromatic N) is 3. The molecule has 2 aromatic carbocycles. The SMILES string of the molecule is O=C(Nc1ncc(S(=O)(=O)c2ccc([N+](=O)[O-])cc2)s1)c1cccc(S(=O)(=O)N2CCCC2)c1. The van der Waals surface area contributed by atoms with Gasteiger partial charge in [-0.1, -0.05) is 17.4 Å². The number of non-ortho nitro benzene ring substituents is 1. The molecule has 1 N–H and O–H groups in total. The first-order chi connectivity index (χ1) is 16.1. The van der Waals surface area contributed by atoms with Gasteiger partial charge in [-0.25, -0.2) is 21.8 Å². The molecule has 14 heteroatoms. The number of amides is 1. The molecule has 4 rings (SSSR count). The van der Waals surface area contributed by atoms with Crippen molar-refractivity contribution in [2.75, 3.05) is 18.4 Å². The normalized spacial score (nSPS) is 14.7. The second kappa shape index (κ2) is 9.21. The van der Waals surface area contributed by atoms with Gasteiger partial charge in [0, 0.05) is 30.8 Å². The van der Waals surface area contributed by atoms with E-state index in [0.717, 1.165) is 43.3 Å². The zero-order valence-electron chi connectivity index (χ0n) is 17.4. The fourth-order valence-corrected chi connectivity index (χ4v) is 7.34. The number of carbonyl (C=O) groups excluding carboxylic acids is 1. The Morgan fingerprint density at radius 2 is 1.71 bits per heavy atom. The van der Waals surface area contributed by atoms with Gasteiger partial charge in [0.2, 0.25) is 19.9 Å². The van der Waals surface area contributed by atoms with Crippen molar-refractivity contribution in [2.24, 2.45) is 0 Å². The lowest BCUT2D eigenvalue weighted by Gasteiger charge is -2.15. The summed E-state index contributed by atoms with van der Waals surface area (Å²) in [5.74, 6) is -0.646. The number of sulfone groups is 1. The van der Waals surface area contributed by atoms with Crippen LogP contribution in [0.1, 0.15) is 23.2 Å². The molecule has 0 aliphatic carbocycles. The van der Waals surface area contributed by atoms with Crippen molar-refractivity contribution < 1.29 is 26.6 Å². The number of rotatable bonds is 7. The van der Waals surface area contributed by atoms with E-state index < -0.39 is 30.7 Å².